The quantitative estimate of drug-likeness (QED) is 0.367. The lowest BCUT2D eigenvalue weighted by Gasteiger charge is -2.14. The van der Waals surface area contributed by atoms with Gasteiger partial charge >= 0.3 is 0 Å². The van der Waals surface area contributed by atoms with Crippen LogP contribution in [0.1, 0.15) is 18.5 Å². The molecule has 2 aromatic carbocycles. The zero-order chi connectivity index (χ0) is 21.2. The minimum absolute atomic E-state index is 0.0858. The molecule has 156 valence electrons. The van der Waals surface area contributed by atoms with Gasteiger partial charge in [0.05, 0.1) is 29.1 Å². The van der Waals surface area contributed by atoms with Crippen molar-refractivity contribution in [1.82, 2.24) is 25.1 Å². The molecule has 0 fully saturated rings. The van der Waals surface area contributed by atoms with E-state index in [1.165, 1.54) is 18.1 Å². The van der Waals surface area contributed by atoms with Crippen molar-refractivity contribution >= 4 is 28.7 Å². The Bertz CT molecular complexity index is 1240. The lowest BCUT2D eigenvalue weighted by molar-refractivity contribution is -0.119. The first-order valence-corrected chi connectivity index (χ1v) is 10.7. The van der Waals surface area contributed by atoms with E-state index in [2.05, 4.69) is 20.4 Å². The molecule has 2 aromatic heterocycles. The fourth-order valence-electron chi connectivity index (χ4n) is 3.38. The Hall–Kier alpha value is -3.59. The lowest BCUT2D eigenvalue weighted by Crippen LogP contribution is -2.28. The van der Waals surface area contributed by atoms with Gasteiger partial charge < -0.3 is 14.8 Å². The first kappa shape index (κ1) is 19.4. The van der Waals surface area contributed by atoms with E-state index < -0.39 is 0 Å². The molecule has 0 saturated heterocycles. The maximum absolute atomic E-state index is 12.5. The normalized spacial score (nSPS) is 13.3. The molecule has 1 amide bonds. The van der Waals surface area contributed by atoms with Crippen LogP contribution in [0.4, 0.5) is 0 Å². The molecule has 0 radical (unpaired) electrons. The number of benzene rings is 2. The second-order valence-corrected chi connectivity index (χ2v) is 7.96. The molecule has 1 aliphatic rings. The summed E-state index contributed by atoms with van der Waals surface area (Å²) >= 11 is 1.36. The van der Waals surface area contributed by atoms with Crippen molar-refractivity contribution in [2.45, 2.75) is 18.0 Å². The van der Waals surface area contributed by atoms with Gasteiger partial charge in [0.25, 0.3) is 0 Å². The van der Waals surface area contributed by atoms with Crippen molar-refractivity contribution in [3.63, 3.8) is 0 Å². The first-order valence-electron chi connectivity index (χ1n) is 9.75. The third-order valence-electron chi connectivity index (χ3n) is 4.94. The minimum atomic E-state index is -0.158. The highest BCUT2D eigenvalue weighted by Gasteiger charge is 2.18. The van der Waals surface area contributed by atoms with E-state index in [-0.39, 0.29) is 24.5 Å². The number of amides is 1. The molecule has 4 aromatic rings. The summed E-state index contributed by atoms with van der Waals surface area (Å²) in [6.45, 7) is 2.16. The average molecular weight is 433 g/mol. The summed E-state index contributed by atoms with van der Waals surface area (Å²) < 4.78 is 12.5. The first-order chi connectivity index (χ1) is 15.2. The van der Waals surface area contributed by atoms with Crippen molar-refractivity contribution < 1.29 is 14.3 Å². The van der Waals surface area contributed by atoms with Gasteiger partial charge in [0, 0.05) is 0 Å². The SMILES string of the molecule is C[C@H](NC(=O)CSc1ncnc2c1cnn2-c1ccccc1)c1ccc2c(c1)OCO2. The number of carbonyl (C=O) groups is 1. The molecule has 8 nitrogen and oxygen atoms in total. The van der Waals surface area contributed by atoms with Gasteiger partial charge in [0.2, 0.25) is 12.7 Å². The summed E-state index contributed by atoms with van der Waals surface area (Å²) in [5.41, 5.74) is 2.58. The Morgan fingerprint density at radius 1 is 1.16 bits per heavy atom. The monoisotopic (exact) mass is 433 g/mol. The van der Waals surface area contributed by atoms with Gasteiger partial charge in [-0.05, 0) is 36.8 Å². The number of carbonyl (C=O) groups excluding carboxylic acids is 1. The van der Waals surface area contributed by atoms with Crippen LogP contribution < -0.4 is 14.8 Å². The Morgan fingerprint density at radius 3 is 2.87 bits per heavy atom. The number of ether oxygens (including phenoxy) is 2. The standard InChI is InChI=1S/C22H19N5O3S/c1-14(15-7-8-18-19(9-15)30-13-29-18)26-20(28)11-31-22-17-10-25-27(21(17)23-12-24-22)16-5-3-2-4-6-16/h2-10,12,14H,11,13H2,1H3,(H,26,28)/t14-/m0/s1. The van der Waals surface area contributed by atoms with Crippen LogP contribution >= 0.6 is 11.8 Å². The smallest absolute Gasteiger partial charge is 0.231 e. The molecule has 1 N–H and O–H groups in total. The highest BCUT2D eigenvalue weighted by atomic mass is 32.2. The number of hydrogen-bond donors (Lipinski definition) is 1. The van der Waals surface area contributed by atoms with Crippen LogP contribution in [0.3, 0.4) is 0 Å². The van der Waals surface area contributed by atoms with Gasteiger partial charge in [-0.1, -0.05) is 36.0 Å². The van der Waals surface area contributed by atoms with Crippen LogP contribution in [0, 0.1) is 0 Å². The van der Waals surface area contributed by atoms with Crippen LogP contribution in [0.25, 0.3) is 16.7 Å². The minimum Gasteiger partial charge on any atom is -0.454 e. The lowest BCUT2D eigenvalue weighted by atomic mass is 10.1. The van der Waals surface area contributed by atoms with Gasteiger partial charge in [-0.2, -0.15) is 5.10 Å². The molecule has 0 saturated carbocycles. The van der Waals surface area contributed by atoms with Gasteiger partial charge in [0.1, 0.15) is 11.4 Å². The zero-order valence-corrected chi connectivity index (χ0v) is 17.5. The Balaban J connectivity index is 1.26. The highest BCUT2D eigenvalue weighted by Crippen LogP contribution is 2.34. The number of para-hydroxylation sites is 1. The van der Waals surface area contributed by atoms with E-state index in [1.807, 2.05) is 55.5 Å². The molecule has 3 heterocycles. The topological polar surface area (TPSA) is 91.2 Å². The van der Waals surface area contributed by atoms with Crippen molar-refractivity contribution in [3.05, 3.63) is 66.6 Å². The van der Waals surface area contributed by atoms with Gasteiger partial charge in [0.15, 0.2) is 17.1 Å². The largest absolute Gasteiger partial charge is 0.454 e. The summed E-state index contributed by atoms with van der Waals surface area (Å²) in [4.78, 5) is 21.3. The fraction of sp³-hybridized carbons (Fsp3) is 0.182. The fourth-order valence-corrected chi connectivity index (χ4v) is 4.15. The maximum Gasteiger partial charge on any atom is 0.231 e. The molecule has 9 heteroatoms. The van der Waals surface area contributed by atoms with Crippen molar-refractivity contribution in [2.24, 2.45) is 0 Å². The number of aromatic nitrogens is 4. The molecule has 0 unspecified atom stereocenters. The molecule has 1 atom stereocenters. The number of thioether (sulfide) groups is 1. The molecule has 5 rings (SSSR count). The van der Waals surface area contributed by atoms with E-state index in [1.54, 1.807) is 10.9 Å². The third kappa shape index (κ3) is 3.91. The second-order valence-electron chi connectivity index (χ2n) is 7.00. The molecule has 31 heavy (non-hydrogen) atoms. The van der Waals surface area contributed by atoms with E-state index >= 15 is 0 Å². The number of hydrogen-bond acceptors (Lipinski definition) is 7. The van der Waals surface area contributed by atoms with Crippen LogP contribution in [0.15, 0.2) is 66.1 Å². The molecular weight excluding hydrogens is 414 g/mol. The van der Waals surface area contributed by atoms with Crippen molar-refractivity contribution in [3.8, 4) is 17.2 Å². The number of nitrogens with one attached hydrogen (secondary N) is 1. The molecule has 0 bridgehead atoms. The number of rotatable bonds is 6. The summed E-state index contributed by atoms with van der Waals surface area (Å²) in [6.07, 6.45) is 3.23. The van der Waals surface area contributed by atoms with Gasteiger partial charge in [-0.3, -0.25) is 4.79 Å². The summed E-state index contributed by atoms with van der Waals surface area (Å²) in [5, 5.41) is 9.00. The van der Waals surface area contributed by atoms with Crippen LogP contribution in [-0.4, -0.2) is 38.2 Å². The van der Waals surface area contributed by atoms with Crippen LogP contribution in [0.5, 0.6) is 11.5 Å². The van der Waals surface area contributed by atoms with Crippen molar-refractivity contribution in [2.75, 3.05) is 12.5 Å². The number of fused-ring (bicyclic) bond motifs is 2. The number of nitrogens with zero attached hydrogens (tertiary/aromatic N) is 4. The van der Waals surface area contributed by atoms with Crippen LogP contribution in [-0.2, 0) is 4.79 Å². The summed E-state index contributed by atoms with van der Waals surface area (Å²) in [5.74, 6) is 1.57. The second kappa shape index (κ2) is 8.27. The summed E-state index contributed by atoms with van der Waals surface area (Å²) in [7, 11) is 0. The Kier molecular flexibility index (Phi) is 5.17. The van der Waals surface area contributed by atoms with Gasteiger partial charge in [-0.25, -0.2) is 14.6 Å². The molecule has 0 spiro atoms. The van der Waals surface area contributed by atoms with E-state index in [4.69, 9.17) is 9.47 Å². The molecule has 1 aliphatic heterocycles. The highest BCUT2D eigenvalue weighted by molar-refractivity contribution is 8.00. The predicted octanol–water partition coefficient (Wildman–Crippen LogP) is 3.51. The Morgan fingerprint density at radius 2 is 2.00 bits per heavy atom. The van der Waals surface area contributed by atoms with Crippen LogP contribution in [0.2, 0.25) is 0 Å². The Labute approximate surface area is 182 Å². The van der Waals surface area contributed by atoms with E-state index in [0.29, 0.717) is 11.4 Å². The summed E-state index contributed by atoms with van der Waals surface area (Å²) in [6, 6.07) is 15.3. The van der Waals surface area contributed by atoms with Gasteiger partial charge in [-0.15, -0.1) is 0 Å². The molecular formula is C22H19N5O3S. The average Bonchev–Trinajstić information content (AvgIpc) is 3.45. The third-order valence-corrected chi connectivity index (χ3v) is 5.95. The molecule has 0 aliphatic carbocycles. The maximum atomic E-state index is 12.5. The van der Waals surface area contributed by atoms with E-state index in [9.17, 15) is 4.79 Å². The zero-order valence-electron chi connectivity index (χ0n) is 16.7. The van der Waals surface area contributed by atoms with E-state index in [0.717, 1.165) is 27.4 Å². The predicted molar refractivity (Wildman–Crippen MR) is 117 cm³/mol. The van der Waals surface area contributed by atoms with Crippen molar-refractivity contribution in [1.29, 1.82) is 0 Å².